The number of nitrogens with one attached hydrogen (secondary N) is 1. The van der Waals surface area contributed by atoms with Crippen molar-refractivity contribution in [2.45, 2.75) is 13.3 Å². The zero-order valence-corrected chi connectivity index (χ0v) is 8.64. The van der Waals surface area contributed by atoms with Gasteiger partial charge in [-0.1, -0.05) is 0 Å². The van der Waals surface area contributed by atoms with Crippen molar-refractivity contribution in [1.29, 1.82) is 0 Å². The molecule has 0 fully saturated rings. The quantitative estimate of drug-likeness (QED) is 0.781. The predicted molar refractivity (Wildman–Crippen MR) is 55.0 cm³/mol. The molecule has 2 aromatic rings. The zero-order chi connectivity index (χ0) is 9.97. The van der Waals surface area contributed by atoms with Crippen LogP contribution in [0, 0.1) is 6.92 Å². The molecule has 2 rings (SSSR count). The number of nitrogens with two attached hydrogens (primary N) is 1. The average Bonchev–Trinajstić information content (AvgIpc) is 2.74. The Hall–Kier alpha value is -1.27. The summed E-state index contributed by atoms with van der Waals surface area (Å²) >= 11 is 1.57. The normalized spacial score (nSPS) is 10.7. The molecule has 0 aromatic carbocycles. The van der Waals surface area contributed by atoms with Gasteiger partial charge in [-0.3, -0.25) is 0 Å². The largest absolute Gasteiger partial charge is 0.330 e. The molecule has 2 heterocycles. The monoisotopic (exact) mass is 209 g/mol. The Balaban J connectivity index is 2.29. The van der Waals surface area contributed by atoms with Crippen LogP contribution in [0.2, 0.25) is 0 Å². The molecule has 0 saturated heterocycles. The van der Waals surface area contributed by atoms with Gasteiger partial charge in [-0.25, -0.2) is 4.98 Å². The fourth-order valence-corrected chi connectivity index (χ4v) is 2.06. The van der Waals surface area contributed by atoms with E-state index in [1.807, 2.05) is 12.3 Å². The lowest BCUT2D eigenvalue weighted by Crippen LogP contribution is -2.02. The van der Waals surface area contributed by atoms with Crippen molar-refractivity contribution in [1.82, 2.24) is 20.4 Å². The molecule has 14 heavy (non-hydrogen) atoms. The van der Waals surface area contributed by atoms with Gasteiger partial charge in [-0.2, -0.15) is 15.4 Å². The van der Waals surface area contributed by atoms with Crippen LogP contribution in [-0.4, -0.2) is 26.9 Å². The van der Waals surface area contributed by atoms with Crippen LogP contribution in [0.25, 0.3) is 10.7 Å². The van der Waals surface area contributed by atoms with Crippen LogP contribution >= 0.6 is 11.3 Å². The molecule has 5 nitrogen and oxygen atoms in total. The molecule has 0 bridgehead atoms. The summed E-state index contributed by atoms with van der Waals surface area (Å²) in [7, 11) is 0. The van der Waals surface area contributed by atoms with Crippen LogP contribution in [0.3, 0.4) is 0 Å². The summed E-state index contributed by atoms with van der Waals surface area (Å²) in [6, 6.07) is 0. The number of aromatic amines is 1. The van der Waals surface area contributed by atoms with Gasteiger partial charge in [-0.05, 0) is 13.5 Å². The van der Waals surface area contributed by atoms with E-state index in [-0.39, 0.29) is 0 Å². The first-order valence-electron chi connectivity index (χ1n) is 4.33. The van der Waals surface area contributed by atoms with Crippen molar-refractivity contribution in [3.63, 3.8) is 0 Å². The van der Waals surface area contributed by atoms with E-state index < -0.39 is 0 Å². The highest BCUT2D eigenvalue weighted by atomic mass is 32.1. The third kappa shape index (κ3) is 1.66. The third-order valence-electron chi connectivity index (χ3n) is 1.88. The van der Waals surface area contributed by atoms with Crippen LogP contribution in [0.15, 0.2) is 5.38 Å². The minimum Gasteiger partial charge on any atom is -0.330 e. The molecule has 6 heteroatoms. The maximum atomic E-state index is 5.45. The van der Waals surface area contributed by atoms with Gasteiger partial charge in [0, 0.05) is 11.8 Å². The smallest absolute Gasteiger partial charge is 0.145 e. The second-order valence-electron chi connectivity index (χ2n) is 2.94. The zero-order valence-electron chi connectivity index (χ0n) is 7.82. The predicted octanol–water partition coefficient (Wildman–Crippen LogP) is 0.738. The van der Waals surface area contributed by atoms with Gasteiger partial charge in [-0.15, -0.1) is 11.3 Å². The van der Waals surface area contributed by atoms with Crippen molar-refractivity contribution < 1.29 is 0 Å². The average molecular weight is 209 g/mol. The van der Waals surface area contributed by atoms with E-state index in [2.05, 4.69) is 20.4 Å². The van der Waals surface area contributed by atoms with E-state index in [0.29, 0.717) is 6.54 Å². The molecular weight excluding hydrogens is 198 g/mol. The SMILES string of the molecule is Cc1n[nH]nc1-c1nc(CCN)cs1. The Labute approximate surface area is 85.4 Å². The lowest BCUT2D eigenvalue weighted by molar-refractivity contribution is 0.925. The Bertz CT molecular complexity index is 419. The van der Waals surface area contributed by atoms with Gasteiger partial charge < -0.3 is 5.73 Å². The first-order chi connectivity index (χ1) is 6.81. The molecule has 0 radical (unpaired) electrons. The van der Waals surface area contributed by atoms with Gasteiger partial charge in [0.2, 0.25) is 0 Å². The van der Waals surface area contributed by atoms with Crippen LogP contribution < -0.4 is 5.73 Å². The Morgan fingerprint density at radius 1 is 1.50 bits per heavy atom. The number of nitrogens with zero attached hydrogens (tertiary/aromatic N) is 3. The number of hydrogen-bond acceptors (Lipinski definition) is 5. The van der Waals surface area contributed by atoms with Crippen molar-refractivity contribution in [2.24, 2.45) is 5.73 Å². The molecule has 0 atom stereocenters. The van der Waals surface area contributed by atoms with E-state index in [9.17, 15) is 0 Å². The minimum atomic E-state index is 0.626. The lowest BCUT2D eigenvalue weighted by Gasteiger charge is -1.90. The molecule has 2 aromatic heterocycles. The van der Waals surface area contributed by atoms with E-state index in [0.717, 1.165) is 28.5 Å². The van der Waals surface area contributed by atoms with Crippen LogP contribution in [-0.2, 0) is 6.42 Å². The standard InChI is InChI=1S/C8H11N5S/c1-5-7(12-13-11-5)8-10-6(2-3-9)4-14-8/h4H,2-3,9H2,1H3,(H,11,12,13). The number of H-pyrrole nitrogens is 1. The van der Waals surface area contributed by atoms with Crippen molar-refractivity contribution in [3.8, 4) is 10.7 Å². The Kier molecular flexibility index (Phi) is 2.55. The number of aromatic nitrogens is 4. The van der Waals surface area contributed by atoms with Gasteiger partial charge in [0.25, 0.3) is 0 Å². The summed E-state index contributed by atoms with van der Waals surface area (Å²) < 4.78 is 0. The third-order valence-corrected chi connectivity index (χ3v) is 2.77. The van der Waals surface area contributed by atoms with Gasteiger partial charge in [0.15, 0.2) is 0 Å². The highest BCUT2D eigenvalue weighted by Gasteiger charge is 2.10. The summed E-state index contributed by atoms with van der Waals surface area (Å²) in [5, 5.41) is 13.5. The molecule has 0 spiro atoms. The van der Waals surface area contributed by atoms with Gasteiger partial charge >= 0.3 is 0 Å². The topological polar surface area (TPSA) is 80.5 Å². The number of hydrogen-bond donors (Lipinski definition) is 2. The molecule has 0 aliphatic rings. The van der Waals surface area contributed by atoms with Crippen LogP contribution in [0.4, 0.5) is 0 Å². The van der Waals surface area contributed by atoms with Crippen molar-refractivity contribution >= 4 is 11.3 Å². The fourth-order valence-electron chi connectivity index (χ4n) is 1.16. The molecule has 74 valence electrons. The van der Waals surface area contributed by atoms with Crippen LogP contribution in [0.1, 0.15) is 11.4 Å². The maximum absolute atomic E-state index is 5.45. The first-order valence-corrected chi connectivity index (χ1v) is 5.21. The number of thiazole rings is 1. The van der Waals surface area contributed by atoms with Gasteiger partial charge in [0.1, 0.15) is 10.7 Å². The maximum Gasteiger partial charge on any atom is 0.145 e. The molecule has 0 unspecified atom stereocenters. The number of rotatable bonds is 3. The molecule has 0 amide bonds. The second kappa shape index (κ2) is 3.85. The van der Waals surface area contributed by atoms with Crippen molar-refractivity contribution in [3.05, 3.63) is 16.8 Å². The Morgan fingerprint density at radius 2 is 2.36 bits per heavy atom. The summed E-state index contributed by atoms with van der Waals surface area (Å²) in [5.41, 5.74) is 8.18. The summed E-state index contributed by atoms with van der Waals surface area (Å²) in [5.74, 6) is 0. The summed E-state index contributed by atoms with van der Waals surface area (Å²) in [4.78, 5) is 4.42. The molecule has 0 saturated carbocycles. The highest BCUT2D eigenvalue weighted by Crippen LogP contribution is 2.23. The molecular formula is C8H11N5S. The molecule has 3 N–H and O–H groups in total. The summed E-state index contributed by atoms with van der Waals surface area (Å²) in [6.07, 6.45) is 0.813. The molecule has 0 aliphatic carbocycles. The fraction of sp³-hybridized carbons (Fsp3) is 0.375. The van der Waals surface area contributed by atoms with E-state index in [4.69, 9.17) is 5.73 Å². The van der Waals surface area contributed by atoms with Crippen molar-refractivity contribution in [2.75, 3.05) is 6.54 Å². The lowest BCUT2D eigenvalue weighted by atomic mass is 10.3. The van der Waals surface area contributed by atoms with E-state index in [1.165, 1.54) is 0 Å². The van der Waals surface area contributed by atoms with Crippen LogP contribution in [0.5, 0.6) is 0 Å². The minimum absolute atomic E-state index is 0.626. The number of aryl methyl sites for hydroxylation is 1. The van der Waals surface area contributed by atoms with E-state index in [1.54, 1.807) is 11.3 Å². The Morgan fingerprint density at radius 3 is 3.00 bits per heavy atom. The molecule has 0 aliphatic heterocycles. The van der Waals surface area contributed by atoms with E-state index >= 15 is 0 Å². The first kappa shape index (κ1) is 9.29. The summed E-state index contributed by atoms with van der Waals surface area (Å²) in [6.45, 7) is 2.53. The van der Waals surface area contributed by atoms with Gasteiger partial charge in [0.05, 0.1) is 11.4 Å². The second-order valence-corrected chi connectivity index (χ2v) is 3.80. The highest BCUT2D eigenvalue weighted by molar-refractivity contribution is 7.13.